The van der Waals surface area contributed by atoms with Gasteiger partial charge in [0, 0.05) is 6.20 Å². The topological polar surface area (TPSA) is 61.3 Å². The predicted octanol–water partition coefficient (Wildman–Crippen LogP) is 3.61. The number of nitrogens with zero attached hydrogens (tertiary/aromatic N) is 2. The van der Waals surface area contributed by atoms with Crippen molar-refractivity contribution in [3.05, 3.63) is 53.6 Å². The Morgan fingerprint density at radius 2 is 2.00 bits per heavy atom. The van der Waals surface area contributed by atoms with Gasteiger partial charge in [-0.1, -0.05) is 31.6 Å². The van der Waals surface area contributed by atoms with E-state index < -0.39 is 5.97 Å². The highest BCUT2D eigenvalue weighted by Crippen LogP contribution is 2.15. The Hall–Kier alpha value is -2.69. The maximum absolute atomic E-state index is 11.7. The van der Waals surface area contributed by atoms with Crippen LogP contribution in [0.5, 0.6) is 5.75 Å². The number of ether oxygens (including phenoxy) is 2. The number of esters is 1. The first kappa shape index (κ1) is 16.7. The average molecular weight is 312 g/mol. The standard InChI is InChI=1S/C18H20N2O3/c1-3-4-11-23-15-8-5-14(6-9-15)7-10-17-16(18(21)22-2)12-19-13-20-17/h5-10,12-13H,3-4,11H2,1-2H3. The average Bonchev–Trinajstić information content (AvgIpc) is 2.61. The van der Waals surface area contributed by atoms with Crippen molar-refractivity contribution in [2.75, 3.05) is 13.7 Å². The van der Waals surface area contributed by atoms with Crippen LogP contribution in [0.1, 0.15) is 41.4 Å². The number of carbonyl (C=O) groups excluding carboxylic acids is 1. The molecule has 0 spiro atoms. The molecule has 1 heterocycles. The predicted molar refractivity (Wildman–Crippen MR) is 89.1 cm³/mol. The Kier molecular flexibility index (Phi) is 6.29. The zero-order valence-electron chi connectivity index (χ0n) is 13.4. The van der Waals surface area contributed by atoms with Crippen LogP contribution >= 0.6 is 0 Å². The highest BCUT2D eigenvalue weighted by atomic mass is 16.5. The number of unbranched alkanes of at least 4 members (excludes halogenated alkanes) is 1. The fourth-order valence-electron chi connectivity index (χ4n) is 1.92. The number of hydrogen-bond acceptors (Lipinski definition) is 5. The van der Waals surface area contributed by atoms with Crippen LogP contribution in [0.25, 0.3) is 12.2 Å². The third kappa shape index (κ3) is 4.92. The summed E-state index contributed by atoms with van der Waals surface area (Å²) in [6, 6.07) is 7.76. The number of carbonyl (C=O) groups is 1. The van der Waals surface area contributed by atoms with Crippen molar-refractivity contribution >= 4 is 18.1 Å². The minimum Gasteiger partial charge on any atom is -0.494 e. The third-order valence-electron chi connectivity index (χ3n) is 3.23. The van der Waals surface area contributed by atoms with E-state index in [4.69, 9.17) is 9.47 Å². The Bertz CT molecular complexity index is 666. The molecule has 0 aliphatic heterocycles. The molecule has 0 bridgehead atoms. The van der Waals surface area contributed by atoms with Crippen LogP contribution < -0.4 is 4.74 Å². The lowest BCUT2D eigenvalue weighted by atomic mass is 10.1. The van der Waals surface area contributed by atoms with Crippen LogP contribution in [-0.2, 0) is 4.74 Å². The summed E-state index contributed by atoms with van der Waals surface area (Å²) >= 11 is 0. The monoisotopic (exact) mass is 312 g/mol. The first-order valence-electron chi connectivity index (χ1n) is 7.54. The van der Waals surface area contributed by atoms with Crippen molar-refractivity contribution in [3.63, 3.8) is 0 Å². The molecule has 2 aromatic rings. The molecule has 0 atom stereocenters. The summed E-state index contributed by atoms with van der Waals surface area (Å²) < 4.78 is 10.3. The van der Waals surface area contributed by atoms with E-state index >= 15 is 0 Å². The van der Waals surface area contributed by atoms with Crippen LogP contribution in [0.3, 0.4) is 0 Å². The zero-order valence-corrected chi connectivity index (χ0v) is 13.4. The zero-order chi connectivity index (χ0) is 16.5. The molecule has 23 heavy (non-hydrogen) atoms. The Morgan fingerprint density at radius 3 is 2.70 bits per heavy atom. The number of rotatable bonds is 7. The Labute approximate surface area is 136 Å². The summed E-state index contributed by atoms with van der Waals surface area (Å²) in [6.07, 6.45) is 8.65. The van der Waals surface area contributed by atoms with E-state index in [1.807, 2.05) is 30.3 Å². The van der Waals surface area contributed by atoms with Crippen LogP contribution in [0.15, 0.2) is 36.8 Å². The molecule has 0 fully saturated rings. The van der Waals surface area contributed by atoms with Gasteiger partial charge in [-0.2, -0.15) is 0 Å². The second-order valence-electron chi connectivity index (χ2n) is 4.92. The van der Waals surface area contributed by atoms with Gasteiger partial charge in [-0.3, -0.25) is 0 Å². The van der Waals surface area contributed by atoms with Crippen molar-refractivity contribution < 1.29 is 14.3 Å². The van der Waals surface area contributed by atoms with Crippen molar-refractivity contribution in [1.29, 1.82) is 0 Å². The molecule has 0 N–H and O–H groups in total. The maximum Gasteiger partial charge on any atom is 0.341 e. The summed E-state index contributed by atoms with van der Waals surface area (Å²) in [4.78, 5) is 19.6. The first-order chi connectivity index (χ1) is 11.2. The Morgan fingerprint density at radius 1 is 1.22 bits per heavy atom. The van der Waals surface area contributed by atoms with E-state index in [-0.39, 0.29) is 0 Å². The first-order valence-corrected chi connectivity index (χ1v) is 7.54. The molecular weight excluding hydrogens is 292 g/mol. The van der Waals surface area contributed by atoms with Crippen molar-refractivity contribution in [3.8, 4) is 5.75 Å². The molecular formula is C18H20N2O3. The number of hydrogen-bond donors (Lipinski definition) is 0. The van der Waals surface area contributed by atoms with Crippen molar-refractivity contribution in [2.24, 2.45) is 0 Å². The van der Waals surface area contributed by atoms with Gasteiger partial charge in [0.2, 0.25) is 0 Å². The van der Waals surface area contributed by atoms with E-state index in [1.54, 1.807) is 6.08 Å². The highest BCUT2D eigenvalue weighted by molar-refractivity contribution is 5.93. The van der Waals surface area contributed by atoms with Gasteiger partial charge in [0.25, 0.3) is 0 Å². The smallest absolute Gasteiger partial charge is 0.341 e. The highest BCUT2D eigenvalue weighted by Gasteiger charge is 2.10. The molecule has 0 radical (unpaired) electrons. The molecule has 1 aromatic heterocycles. The summed E-state index contributed by atoms with van der Waals surface area (Å²) in [7, 11) is 1.33. The SMILES string of the molecule is CCCCOc1ccc(C=Cc2ncncc2C(=O)OC)cc1. The van der Waals surface area contributed by atoms with Crippen LogP contribution in [0, 0.1) is 0 Å². The fraction of sp³-hybridized carbons (Fsp3) is 0.278. The lowest BCUT2D eigenvalue weighted by Crippen LogP contribution is -2.05. The molecule has 0 saturated heterocycles. The van der Waals surface area contributed by atoms with E-state index in [0.717, 1.165) is 30.8 Å². The normalized spacial score (nSPS) is 10.7. The number of aromatic nitrogens is 2. The van der Waals surface area contributed by atoms with E-state index in [9.17, 15) is 4.79 Å². The molecule has 0 aliphatic rings. The van der Waals surface area contributed by atoms with Gasteiger partial charge in [0.05, 0.1) is 19.4 Å². The van der Waals surface area contributed by atoms with Crippen LogP contribution in [0.4, 0.5) is 0 Å². The van der Waals surface area contributed by atoms with Crippen molar-refractivity contribution in [2.45, 2.75) is 19.8 Å². The minimum atomic E-state index is -0.454. The van der Waals surface area contributed by atoms with Gasteiger partial charge in [0.1, 0.15) is 17.6 Å². The molecule has 5 nitrogen and oxygen atoms in total. The molecule has 120 valence electrons. The third-order valence-corrected chi connectivity index (χ3v) is 3.23. The van der Waals surface area contributed by atoms with Gasteiger partial charge in [-0.15, -0.1) is 0 Å². The van der Waals surface area contributed by atoms with Gasteiger partial charge in [-0.25, -0.2) is 14.8 Å². The molecule has 0 amide bonds. The number of benzene rings is 1. The van der Waals surface area contributed by atoms with Crippen LogP contribution in [-0.4, -0.2) is 29.7 Å². The van der Waals surface area contributed by atoms with E-state index in [0.29, 0.717) is 11.3 Å². The molecule has 0 unspecified atom stereocenters. The van der Waals surface area contributed by atoms with Gasteiger partial charge in [0.15, 0.2) is 0 Å². The quantitative estimate of drug-likeness (QED) is 0.577. The molecule has 0 saturated carbocycles. The molecule has 0 aliphatic carbocycles. The maximum atomic E-state index is 11.7. The molecule has 5 heteroatoms. The second-order valence-corrected chi connectivity index (χ2v) is 4.92. The number of methoxy groups -OCH3 is 1. The summed E-state index contributed by atoms with van der Waals surface area (Å²) in [6.45, 7) is 2.86. The van der Waals surface area contributed by atoms with Gasteiger partial charge < -0.3 is 9.47 Å². The summed E-state index contributed by atoms with van der Waals surface area (Å²) in [5, 5.41) is 0. The van der Waals surface area contributed by atoms with E-state index in [1.165, 1.54) is 19.6 Å². The Balaban J connectivity index is 2.07. The molecule has 2 rings (SSSR count). The van der Waals surface area contributed by atoms with E-state index in [2.05, 4.69) is 16.9 Å². The van der Waals surface area contributed by atoms with Crippen molar-refractivity contribution in [1.82, 2.24) is 9.97 Å². The van der Waals surface area contributed by atoms with Crippen LogP contribution in [0.2, 0.25) is 0 Å². The second kappa shape index (κ2) is 8.68. The molecule has 1 aromatic carbocycles. The lowest BCUT2D eigenvalue weighted by molar-refractivity contribution is 0.0599. The van der Waals surface area contributed by atoms with Gasteiger partial charge in [-0.05, 0) is 30.2 Å². The summed E-state index contributed by atoms with van der Waals surface area (Å²) in [5.74, 6) is 0.401. The lowest BCUT2D eigenvalue weighted by Gasteiger charge is -2.05. The van der Waals surface area contributed by atoms with Gasteiger partial charge >= 0.3 is 5.97 Å². The summed E-state index contributed by atoms with van der Waals surface area (Å²) in [5.41, 5.74) is 1.85. The largest absolute Gasteiger partial charge is 0.494 e. The fourth-order valence-corrected chi connectivity index (χ4v) is 1.92. The minimum absolute atomic E-state index is 0.339.